The van der Waals surface area contributed by atoms with Crippen molar-refractivity contribution in [3.63, 3.8) is 0 Å². The first-order valence-electron chi connectivity index (χ1n) is 40.6. The molecular weight excluding hydrogens is 1430 g/mol. The van der Waals surface area contributed by atoms with Gasteiger partial charge < -0.3 is 33.8 Å². The monoisotopic (exact) mass is 1570 g/mol. The smallest absolute Gasteiger partial charge is 0.462 e. The summed E-state index contributed by atoms with van der Waals surface area (Å²) < 4.78 is 68.5. The fourth-order valence-corrected chi connectivity index (χ4v) is 11.2. The standard InChI is InChI=1S/C91H140O17P2/c1-5-9-13-17-21-25-29-33-37-40-42-45-49-52-56-60-64-68-72-76-89(94)102-82-87(108-91(96)78-74-70-66-62-58-54-50-46-43-41-38-34-30-26-22-18-14-10-6-2)84-106-110(99,100)104-80-85(92)79-103-109(97,98)105-83-86(107-90(95)77-73-69-65-61-57-53-47-36-32-28-24-20-16-12-8-4)81-101-88(93)75-71-67-63-59-55-51-48-44-39-35-31-27-23-19-15-11-7-3/h9-16,21-28,33-39,42-43,45-48,51-52,56-57,59,61,63,69,73,85-87,92H,5-8,17-20,29-32,40-41,44,49-50,53-55,58,60,62,64-68,70-72,74-84H2,1-4H3,(H,97,98)(H,99,100)/b13-9-,14-10-,15-11-,16-12-,25-21-,26-22-,27-23-,28-24-,37-33-,38-34-,39-35-,45-42-,46-43-,47-36-,51-48-,56-52-,61-57-,63-59-,73-69-. The van der Waals surface area contributed by atoms with Gasteiger partial charge in [-0.1, -0.05) is 291 Å². The number of esters is 4. The molecule has 0 aromatic heterocycles. The van der Waals surface area contributed by atoms with Crippen molar-refractivity contribution in [2.75, 3.05) is 39.6 Å². The maximum absolute atomic E-state index is 13.1. The third-order valence-corrected chi connectivity index (χ3v) is 17.5. The first-order chi connectivity index (χ1) is 53.7. The Morgan fingerprint density at radius 3 is 0.809 bits per heavy atom. The van der Waals surface area contributed by atoms with Gasteiger partial charge in [-0.3, -0.25) is 37.3 Å². The molecule has 0 aliphatic rings. The number of aliphatic hydroxyl groups excluding tert-OH is 1. The molecule has 0 rings (SSSR count). The largest absolute Gasteiger partial charge is 0.472 e. The van der Waals surface area contributed by atoms with Crippen molar-refractivity contribution in [3.8, 4) is 0 Å². The third kappa shape index (κ3) is 79.2. The molecule has 5 atom stereocenters. The van der Waals surface area contributed by atoms with Crippen LogP contribution < -0.4 is 0 Å². The van der Waals surface area contributed by atoms with E-state index in [9.17, 15) is 43.2 Å². The molecule has 0 saturated carbocycles. The zero-order valence-electron chi connectivity index (χ0n) is 67.3. The minimum atomic E-state index is -5.03. The van der Waals surface area contributed by atoms with Crippen LogP contribution in [0, 0.1) is 0 Å². The van der Waals surface area contributed by atoms with E-state index < -0.39 is 97.5 Å². The topological polar surface area (TPSA) is 237 Å². The molecule has 0 spiro atoms. The van der Waals surface area contributed by atoms with Crippen LogP contribution in [0.25, 0.3) is 0 Å². The molecule has 0 fully saturated rings. The normalized spacial score (nSPS) is 15.0. The number of carbonyl (C=O) groups is 4. The highest BCUT2D eigenvalue weighted by atomic mass is 31.2. The Morgan fingerprint density at radius 1 is 0.264 bits per heavy atom. The minimum absolute atomic E-state index is 0.0528. The quantitative estimate of drug-likeness (QED) is 0.0169. The van der Waals surface area contributed by atoms with Gasteiger partial charge in [-0.2, -0.15) is 0 Å². The average Bonchev–Trinajstić information content (AvgIpc) is 0.900. The maximum Gasteiger partial charge on any atom is 0.472 e. The number of allylic oxidation sites excluding steroid dienone is 37. The second-order valence-corrected chi connectivity index (χ2v) is 28.8. The van der Waals surface area contributed by atoms with E-state index in [2.05, 4.69) is 222 Å². The molecule has 17 nitrogen and oxygen atoms in total. The van der Waals surface area contributed by atoms with E-state index >= 15 is 0 Å². The molecule has 19 heteroatoms. The van der Waals surface area contributed by atoms with Crippen LogP contribution in [0.5, 0.6) is 0 Å². The van der Waals surface area contributed by atoms with Crippen LogP contribution in [-0.2, 0) is 65.4 Å². The van der Waals surface area contributed by atoms with Crippen molar-refractivity contribution in [2.24, 2.45) is 0 Å². The van der Waals surface area contributed by atoms with Crippen molar-refractivity contribution in [1.29, 1.82) is 0 Å². The number of phosphoric acid groups is 2. The van der Waals surface area contributed by atoms with Crippen LogP contribution in [0.3, 0.4) is 0 Å². The number of rotatable bonds is 73. The maximum atomic E-state index is 13.1. The van der Waals surface area contributed by atoms with Gasteiger partial charge in [0, 0.05) is 19.3 Å². The van der Waals surface area contributed by atoms with Gasteiger partial charge in [-0.25, -0.2) is 9.13 Å². The summed E-state index contributed by atoms with van der Waals surface area (Å²) >= 11 is 0. The number of aliphatic hydroxyl groups is 1. The predicted octanol–water partition coefficient (Wildman–Crippen LogP) is 24.2. The molecule has 0 aromatic rings. The highest BCUT2D eigenvalue weighted by molar-refractivity contribution is 7.47. The summed E-state index contributed by atoms with van der Waals surface area (Å²) in [5.74, 6) is -2.48. The summed E-state index contributed by atoms with van der Waals surface area (Å²) in [5, 5.41) is 10.7. The molecular formula is C91H140O17P2. The molecule has 0 heterocycles. The fraction of sp³-hybridized carbons (Fsp3) is 0.538. The van der Waals surface area contributed by atoms with Crippen molar-refractivity contribution >= 4 is 39.5 Å². The SMILES string of the molecule is CC/C=C\C/C=C\C/C=C\C/C=C\C/C=C\CCCCCC(=O)OCC(COP(=O)(O)OCC(O)COP(=O)(O)OCC(COC(=O)CCC/C=C\C/C=C\C/C=C\C/C=C\C/C=C\CC)OC(=O)C/C=C\C/C=C\C/C=C\C/C=C\C/C=C\CC)OC(=O)CCCCCCCC/C=C\C/C=C\C/C=C\C/C=C\CC. The summed E-state index contributed by atoms with van der Waals surface area (Å²) in [4.78, 5) is 73.1. The van der Waals surface area contributed by atoms with E-state index in [-0.39, 0.29) is 25.7 Å². The summed E-state index contributed by atoms with van der Waals surface area (Å²) in [7, 11) is -10.1. The van der Waals surface area contributed by atoms with Crippen LogP contribution in [0.2, 0.25) is 0 Å². The molecule has 0 saturated heterocycles. The van der Waals surface area contributed by atoms with Gasteiger partial charge in [-0.05, 0) is 173 Å². The van der Waals surface area contributed by atoms with Crippen LogP contribution in [-0.4, -0.2) is 96.7 Å². The van der Waals surface area contributed by atoms with Crippen LogP contribution in [0.1, 0.15) is 259 Å². The van der Waals surface area contributed by atoms with Crippen LogP contribution in [0.4, 0.5) is 0 Å². The van der Waals surface area contributed by atoms with Gasteiger partial charge >= 0.3 is 39.5 Å². The molecule has 0 aliphatic heterocycles. The van der Waals surface area contributed by atoms with Crippen molar-refractivity contribution in [1.82, 2.24) is 0 Å². The Labute approximate surface area is 664 Å². The highest BCUT2D eigenvalue weighted by Gasteiger charge is 2.30. The van der Waals surface area contributed by atoms with E-state index in [1.54, 1.807) is 12.2 Å². The molecule has 616 valence electrons. The van der Waals surface area contributed by atoms with Gasteiger partial charge in [0.2, 0.25) is 0 Å². The summed E-state index contributed by atoms with van der Waals surface area (Å²) in [6, 6.07) is 0. The zero-order valence-corrected chi connectivity index (χ0v) is 69.1. The third-order valence-electron chi connectivity index (χ3n) is 15.6. The zero-order chi connectivity index (χ0) is 80.3. The molecule has 0 aromatic carbocycles. The molecule has 0 aliphatic carbocycles. The second kappa shape index (κ2) is 80.2. The van der Waals surface area contributed by atoms with Crippen LogP contribution >= 0.6 is 15.6 Å². The highest BCUT2D eigenvalue weighted by Crippen LogP contribution is 2.45. The first-order valence-corrected chi connectivity index (χ1v) is 43.6. The van der Waals surface area contributed by atoms with E-state index in [0.29, 0.717) is 32.1 Å². The molecule has 110 heavy (non-hydrogen) atoms. The van der Waals surface area contributed by atoms with E-state index in [1.807, 2.05) is 24.3 Å². The Bertz CT molecular complexity index is 3000. The molecule has 3 N–H and O–H groups in total. The Hall–Kier alpha value is -6.88. The molecule has 0 amide bonds. The Balaban J connectivity index is 5.57. The lowest BCUT2D eigenvalue weighted by molar-refractivity contribution is -0.161. The van der Waals surface area contributed by atoms with Crippen molar-refractivity contribution in [3.05, 3.63) is 231 Å². The Kier molecular flexibility index (Phi) is 75.2. The van der Waals surface area contributed by atoms with E-state index in [0.717, 1.165) is 173 Å². The Morgan fingerprint density at radius 2 is 0.491 bits per heavy atom. The van der Waals surface area contributed by atoms with Crippen molar-refractivity contribution in [2.45, 2.75) is 277 Å². The summed E-state index contributed by atoms with van der Waals surface area (Å²) in [6.45, 7) is 4.14. The minimum Gasteiger partial charge on any atom is -0.462 e. The summed E-state index contributed by atoms with van der Waals surface area (Å²) in [5.41, 5.74) is 0. The van der Waals surface area contributed by atoms with Gasteiger partial charge in [0.05, 0.1) is 32.8 Å². The van der Waals surface area contributed by atoms with Crippen molar-refractivity contribution < 1.29 is 80.2 Å². The number of phosphoric ester groups is 2. The number of unbranched alkanes of at least 4 members (excludes halogenated alkanes) is 10. The average molecular weight is 1570 g/mol. The lowest BCUT2D eigenvalue weighted by atomic mass is 10.1. The lowest BCUT2D eigenvalue weighted by Crippen LogP contribution is -2.30. The number of carbonyl (C=O) groups excluding carboxylic acids is 4. The van der Waals surface area contributed by atoms with Gasteiger partial charge in [0.1, 0.15) is 19.3 Å². The molecule has 0 bridgehead atoms. The number of ether oxygens (including phenoxy) is 4. The van der Waals surface area contributed by atoms with Gasteiger partial charge in [-0.15, -0.1) is 0 Å². The van der Waals surface area contributed by atoms with Crippen LogP contribution in [0.15, 0.2) is 231 Å². The fourth-order valence-electron chi connectivity index (χ4n) is 9.64. The number of hydrogen-bond acceptors (Lipinski definition) is 15. The van der Waals surface area contributed by atoms with Gasteiger partial charge in [0.25, 0.3) is 0 Å². The van der Waals surface area contributed by atoms with E-state index in [4.69, 9.17) is 37.0 Å². The second-order valence-electron chi connectivity index (χ2n) is 25.8. The lowest BCUT2D eigenvalue weighted by Gasteiger charge is -2.21. The predicted molar refractivity (Wildman–Crippen MR) is 454 cm³/mol. The number of hydrogen-bond donors (Lipinski definition) is 3. The summed E-state index contributed by atoms with van der Waals surface area (Å²) in [6.07, 6.45) is 103. The molecule has 5 unspecified atom stereocenters. The molecule has 0 radical (unpaired) electrons. The first kappa shape index (κ1) is 103. The van der Waals surface area contributed by atoms with E-state index in [1.165, 1.54) is 0 Å². The van der Waals surface area contributed by atoms with Gasteiger partial charge in [0.15, 0.2) is 12.2 Å².